The first kappa shape index (κ1) is 22.3. The van der Waals surface area contributed by atoms with Crippen molar-refractivity contribution in [2.24, 2.45) is 0 Å². The van der Waals surface area contributed by atoms with Gasteiger partial charge in [-0.15, -0.1) is 10.2 Å². The lowest BCUT2D eigenvalue weighted by atomic mass is 10.1. The van der Waals surface area contributed by atoms with Gasteiger partial charge >= 0.3 is 5.97 Å². The SMILES string of the molecule is CC(OC(=O)c1cc([N+](=O)[O-])ccc1NCCO)c1nnc(-c2ccc([N+](=O)[O-])cc2)o1. The highest BCUT2D eigenvalue weighted by molar-refractivity contribution is 5.96. The lowest BCUT2D eigenvalue weighted by Crippen LogP contribution is -2.14. The number of ether oxygens (including phenoxy) is 1. The number of nitro groups is 2. The summed E-state index contributed by atoms with van der Waals surface area (Å²) in [6.07, 6.45) is -0.994. The lowest BCUT2D eigenvalue weighted by molar-refractivity contribution is -0.385. The molecular formula is C19H17N5O8. The first-order valence-corrected chi connectivity index (χ1v) is 9.22. The molecule has 0 spiro atoms. The van der Waals surface area contributed by atoms with Crippen LogP contribution >= 0.6 is 0 Å². The second kappa shape index (κ2) is 9.61. The first-order valence-electron chi connectivity index (χ1n) is 9.22. The number of anilines is 1. The molecule has 0 aliphatic carbocycles. The van der Waals surface area contributed by atoms with Crippen molar-refractivity contribution in [3.63, 3.8) is 0 Å². The van der Waals surface area contributed by atoms with Crippen molar-refractivity contribution in [1.82, 2.24) is 10.2 Å². The molecule has 1 heterocycles. The predicted molar refractivity (Wildman–Crippen MR) is 109 cm³/mol. The molecule has 0 aliphatic rings. The number of hydrogen-bond acceptors (Lipinski definition) is 11. The second-order valence-corrected chi connectivity index (χ2v) is 6.43. The molecule has 13 nitrogen and oxygen atoms in total. The molecule has 32 heavy (non-hydrogen) atoms. The van der Waals surface area contributed by atoms with Crippen LogP contribution in [0.3, 0.4) is 0 Å². The van der Waals surface area contributed by atoms with Crippen LogP contribution in [-0.4, -0.2) is 44.3 Å². The zero-order valence-electron chi connectivity index (χ0n) is 16.6. The standard InChI is InChI=1S/C19H17N5O8/c1-11(17-21-22-18(32-17)12-2-4-13(5-3-12)23(27)28)31-19(26)15-10-14(24(29)30)6-7-16(15)20-8-9-25/h2-7,10-11,20,25H,8-9H2,1H3. The van der Waals surface area contributed by atoms with E-state index < -0.39 is 21.9 Å². The zero-order chi connectivity index (χ0) is 23.3. The highest BCUT2D eigenvalue weighted by Crippen LogP contribution is 2.27. The molecule has 0 aliphatic heterocycles. The highest BCUT2D eigenvalue weighted by Gasteiger charge is 2.24. The molecule has 3 rings (SSSR count). The number of hydrogen-bond donors (Lipinski definition) is 2. The van der Waals surface area contributed by atoms with Gasteiger partial charge < -0.3 is 19.6 Å². The molecule has 0 radical (unpaired) electrons. The van der Waals surface area contributed by atoms with E-state index in [0.29, 0.717) is 5.56 Å². The number of carbonyl (C=O) groups excluding carboxylic acids is 1. The predicted octanol–water partition coefficient (Wildman–Crippen LogP) is 2.88. The van der Waals surface area contributed by atoms with Crippen LogP contribution in [-0.2, 0) is 4.74 Å². The Hall–Kier alpha value is -4.39. The van der Waals surface area contributed by atoms with Crippen LogP contribution in [0.5, 0.6) is 0 Å². The van der Waals surface area contributed by atoms with E-state index >= 15 is 0 Å². The summed E-state index contributed by atoms with van der Waals surface area (Å²) >= 11 is 0. The van der Waals surface area contributed by atoms with Gasteiger partial charge in [0.25, 0.3) is 17.3 Å². The average molecular weight is 443 g/mol. The van der Waals surface area contributed by atoms with Crippen molar-refractivity contribution < 1.29 is 28.9 Å². The lowest BCUT2D eigenvalue weighted by Gasteiger charge is -2.13. The van der Waals surface area contributed by atoms with Crippen LogP contribution in [0.4, 0.5) is 17.1 Å². The van der Waals surface area contributed by atoms with Crippen LogP contribution in [0.1, 0.15) is 29.3 Å². The van der Waals surface area contributed by atoms with Gasteiger partial charge in [0.05, 0.1) is 22.0 Å². The van der Waals surface area contributed by atoms with Gasteiger partial charge in [0.1, 0.15) is 0 Å². The number of carbonyl (C=O) groups is 1. The van der Waals surface area contributed by atoms with Gasteiger partial charge in [-0.05, 0) is 25.1 Å². The van der Waals surface area contributed by atoms with Crippen LogP contribution in [0.25, 0.3) is 11.5 Å². The molecule has 0 saturated carbocycles. The fraction of sp³-hybridized carbons (Fsp3) is 0.211. The molecule has 0 fully saturated rings. The molecule has 2 N–H and O–H groups in total. The minimum atomic E-state index is -0.994. The fourth-order valence-electron chi connectivity index (χ4n) is 2.68. The van der Waals surface area contributed by atoms with Gasteiger partial charge in [-0.2, -0.15) is 0 Å². The van der Waals surface area contributed by atoms with Crippen molar-refractivity contribution in [2.75, 3.05) is 18.5 Å². The quantitative estimate of drug-likeness (QED) is 0.281. The van der Waals surface area contributed by atoms with Gasteiger partial charge in [0.2, 0.25) is 5.89 Å². The van der Waals surface area contributed by atoms with Gasteiger partial charge in [-0.25, -0.2) is 4.79 Å². The minimum Gasteiger partial charge on any atom is -0.449 e. The summed E-state index contributed by atoms with van der Waals surface area (Å²) in [5.41, 5.74) is 0.173. The summed E-state index contributed by atoms with van der Waals surface area (Å²) < 4.78 is 10.8. The molecule has 0 amide bonds. The summed E-state index contributed by atoms with van der Waals surface area (Å²) in [7, 11) is 0. The first-order chi connectivity index (χ1) is 15.3. The number of rotatable bonds is 9. The summed E-state index contributed by atoms with van der Waals surface area (Å²) in [5.74, 6) is -0.850. The van der Waals surface area contributed by atoms with Gasteiger partial charge in [0.15, 0.2) is 6.10 Å². The van der Waals surface area contributed by atoms with Crippen LogP contribution in [0.2, 0.25) is 0 Å². The van der Waals surface area contributed by atoms with E-state index in [1.54, 1.807) is 0 Å². The fourth-order valence-corrected chi connectivity index (χ4v) is 2.68. The number of nitrogens with one attached hydrogen (secondary N) is 1. The molecule has 0 saturated heterocycles. The van der Waals surface area contributed by atoms with E-state index in [2.05, 4.69) is 15.5 Å². The van der Waals surface area contributed by atoms with Crippen LogP contribution < -0.4 is 5.32 Å². The zero-order valence-corrected chi connectivity index (χ0v) is 16.6. The van der Waals surface area contributed by atoms with Crippen molar-refractivity contribution in [2.45, 2.75) is 13.0 Å². The Balaban J connectivity index is 1.78. The van der Waals surface area contributed by atoms with Gasteiger partial charge in [-0.1, -0.05) is 0 Å². The molecule has 2 aromatic carbocycles. The number of nitrogens with zero attached hydrogens (tertiary/aromatic N) is 4. The van der Waals surface area contributed by atoms with Crippen molar-refractivity contribution in [3.8, 4) is 11.5 Å². The Bertz CT molecular complexity index is 1140. The van der Waals surface area contributed by atoms with Crippen molar-refractivity contribution in [3.05, 3.63) is 74.1 Å². The molecular weight excluding hydrogens is 426 g/mol. The van der Waals surface area contributed by atoms with Crippen LogP contribution in [0, 0.1) is 20.2 Å². The van der Waals surface area contributed by atoms with E-state index in [1.807, 2.05) is 0 Å². The number of esters is 1. The molecule has 1 unspecified atom stereocenters. The van der Waals surface area contributed by atoms with Crippen LogP contribution in [0.15, 0.2) is 46.9 Å². The minimum absolute atomic E-state index is 0.0398. The smallest absolute Gasteiger partial charge is 0.341 e. The summed E-state index contributed by atoms with van der Waals surface area (Å²) in [4.78, 5) is 33.3. The topological polar surface area (TPSA) is 184 Å². The molecule has 0 bridgehead atoms. The van der Waals surface area contributed by atoms with Gasteiger partial charge in [-0.3, -0.25) is 20.2 Å². The van der Waals surface area contributed by atoms with E-state index in [4.69, 9.17) is 14.3 Å². The van der Waals surface area contributed by atoms with E-state index in [-0.39, 0.29) is 47.6 Å². The summed E-state index contributed by atoms with van der Waals surface area (Å²) in [5, 5.41) is 41.3. The number of benzene rings is 2. The van der Waals surface area contributed by atoms with E-state index in [0.717, 1.165) is 6.07 Å². The number of nitro benzene ring substituents is 2. The van der Waals surface area contributed by atoms with Gasteiger partial charge in [0, 0.05) is 42.1 Å². The second-order valence-electron chi connectivity index (χ2n) is 6.43. The molecule has 3 aromatic rings. The Kier molecular flexibility index (Phi) is 6.70. The third kappa shape index (κ3) is 5.02. The van der Waals surface area contributed by atoms with E-state index in [1.165, 1.54) is 43.3 Å². The van der Waals surface area contributed by atoms with Crippen molar-refractivity contribution in [1.29, 1.82) is 0 Å². The molecule has 166 valence electrons. The normalized spacial score (nSPS) is 11.6. The Morgan fingerprint density at radius 3 is 2.41 bits per heavy atom. The van der Waals surface area contributed by atoms with Crippen molar-refractivity contribution >= 4 is 23.0 Å². The number of aromatic nitrogens is 2. The molecule has 1 aromatic heterocycles. The van der Waals surface area contributed by atoms with E-state index in [9.17, 15) is 25.0 Å². The third-order valence-corrected chi connectivity index (χ3v) is 4.26. The maximum absolute atomic E-state index is 12.7. The largest absolute Gasteiger partial charge is 0.449 e. The Labute approximate surface area is 179 Å². The molecule has 13 heteroatoms. The Morgan fingerprint density at radius 1 is 1.12 bits per heavy atom. The third-order valence-electron chi connectivity index (χ3n) is 4.26. The number of non-ortho nitro benzene ring substituents is 2. The maximum atomic E-state index is 12.7. The molecule has 1 atom stereocenters. The Morgan fingerprint density at radius 2 is 1.78 bits per heavy atom. The average Bonchev–Trinajstić information content (AvgIpc) is 3.28. The summed E-state index contributed by atoms with van der Waals surface area (Å²) in [6, 6.07) is 9.06. The summed E-state index contributed by atoms with van der Waals surface area (Å²) in [6.45, 7) is 1.38. The highest BCUT2D eigenvalue weighted by atomic mass is 16.6. The number of aliphatic hydroxyl groups excluding tert-OH is 1. The maximum Gasteiger partial charge on any atom is 0.341 e. The monoisotopic (exact) mass is 443 g/mol. The number of aliphatic hydroxyl groups is 1.